The molecule has 1 fully saturated rings. The van der Waals surface area contributed by atoms with Gasteiger partial charge >= 0.3 is 6.61 Å². The lowest BCUT2D eigenvalue weighted by molar-refractivity contribution is -0.132. The Hall–Kier alpha value is -2.58. The average molecular weight is 390 g/mol. The van der Waals surface area contributed by atoms with E-state index in [4.69, 9.17) is 0 Å². The van der Waals surface area contributed by atoms with Crippen LogP contribution in [0, 0.1) is 0 Å². The lowest BCUT2D eigenvalue weighted by Crippen LogP contribution is -2.49. The Balaban J connectivity index is 1.58. The number of piperazine rings is 1. The molecule has 0 bridgehead atoms. The fourth-order valence-corrected chi connectivity index (χ4v) is 3.27. The normalized spacial score (nSPS) is 17.5. The van der Waals surface area contributed by atoms with Gasteiger partial charge in [0.2, 0.25) is 5.91 Å². The fourth-order valence-electron chi connectivity index (χ4n) is 3.27. The molecule has 1 aliphatic rings. The minimum atomic E-state index is -2.85. The first-order valence-corrected chi connectivity index (χ1v) is 9.15. The number of likely N-dealkylation sites (N-methyl/N-ethyl adjacent to an activating group) is 1. The summed E-state index contributed by atoms with van der Waals surface area (Å²) in [7, 11) is 1.74. The predicted octanol–water partition coefficient (Wildman–Crippen LogP) is 2.29. The molecule has 1 aliphatic heterocycles. The highest BCUT2D eigenvalue weighted by Crippen LogP contribution is 2.21. The van der Waals surface area contributed by atoms with Crippen LogP contribution in [0.15, 0.2) is 48.8 Å². The molecule has 2 aromatic rings. The molecule has 0 aliphatic carbocycles. The first-order chi connectivity index (χ1) is 13.5. The molecule has 1 N–H and O–H groups in total. The lowest BCUT2D eigenvalue weighted by Gasteiger charge is -2.36. The summed E-state index contributed by atoms with van der Waals surface area (Å²) in [5, 5.41) is 3.36. The molecule has 1 amide bonds. The van der Waals surface area contributed by atoms with E-state index in [2.05, 4.69) is 19.9 Å². The lowest BCUT2D eigenvalue weighted by atomic mass is 10.1. The zero-order valence-electron chi connectivity index (χ0n) is 15.7. The van der Waals surface area contributed by atoms with E-state index in [1.165, 1.54) is 12.1 Å². The van der Waals surface area contributed by atoms with Gasteiger partial charge in [0.15, 0.2) is 0 Å². The van der Waals surface area contributed by atoms with Gasteiger partial charge in [-0.25, -0.2) is 0 Å². The number of carbonyl (C=O) groups is 1. The van der Waals surface area contributed by atoms with E-state index >= 15 is 0 Å². The van der Waals surface area contributed by atoms with Crippen LogP contribution in [0.2, 0.25) is 0 Å². The summed E-state index contributed by atoms with van der Waals surface area (Å²) >= 11 is 0. The number of rotatable bonds is 7. The number of nitrogens with one attached hydrogen (secondary N) is 1. The van der Waals surface area contributed by atoms with Crippen LogP contribution in [0.25, 0.3) is 0 Å². The van der Waals surface area contributed by atoms with Crippen LogP contribution in [-0.4, -0.2) is 60.5 Å². The standard InChI is InChI=1S/C20H24F2N4O2/c1-25(13-15-4-6-17(7-5-15)28-20(21)22)19(27)14-26-10-9-24-12-18(26)16-3-2-8-23-11-16/h2-8,11,18,20,24H,9-10,12-14H2,1H3. The van der Waals surface area contributed by atoms with E-state index in [1.807, 2.05) is 18.3 Å². The highest BCUT2D eigenvalue weighted by atomic mass is 19.3. The van der Waals surface area contributed by atoms with Crippen LogP contribution < -0.4 is 10.1 Å². The summed E-state index contributed by atoms with van der Waals surface area (Å²) in [6.45, 7) is 0.246. The van der Waals surface area contributed by atoms with Gasteiger partial charge in [-0.2, -0.15) is 8.78 Å². The molecular weight excluding hydrogens is 366 g/mol. The second kappa shape index (κ2) is 9.57. The molecule has 150 valence electrons. The number of ether oxygens (including phenoxy) is 1. The van der Waals surface area contributed by atoms with Crippen LogP contribution in [0.1, 0.15) is 17.2 Å². The van der Waals surface area contributed by atoms with Gasteiger partial charge in [0.05, 0.1) is 6.54 Å². The van der Waals surface area contributed by atoms with Crippen LogP contribution in [-0.2, 0) is 11.3 Å². The summed E-state index contributed by atoms with van der Waals surface area (Å²) < 4.78 is 28.8. The maximum atomic E-state index is 12.7. The smallest absolute Gasteiger partial charge is 0.387 e. The monoisotopic (exact) mass is 390 g/mol. The van der Waals surface area contributed by atoms with Crippen molar-refractivity contribution in [1.29, 1.82) is 0 Å². The number of benzene rings is 1. The zero-order valence-corrected chi connectivity index (χ0v) is 15.7. The zero-order chi connectivity index (χ0) is 19.9. The van der Waals surface area contributed by atoms with E-state index in [0.29, 0.717) is 13.1 Å². The van der Waals surface area contributed by atoms with Crippen molar-refractivity contribution in [2.45, 2.75) is 19.2 Å². The molecule has 6 nitrogen and oxygen atoms in total. The second-order valence-electron chi connectivity index (χ2n) is 6.75. The van der Waals surface area contributed by atoms with Gasteiger partial charge < -0.3 is 15.0 Å². The SMILES string of the molecule is CN(Cc1ccc(OC(F)F)cc1)C(=O)CN1CCNCC1c1cccnc1. The number of alkyl halides is 2. The minimum absolute atomic E-state index is 0.00342. The highest BCUT2D eigenvalue weighted by Gasteiger charge is 2.26. The summed E-state index contributed by atoms with van der Waals surface area (Å²) in [6.07, 6.45) is 3.57. The molecule has 0 saturated carbocycles. The van der Waals surface area contributed by atoms with Crippen LogP contribution in [0.3, 0.4) is 0 Å². The molecule has 1 saturated heterocycles. The van der Waals surface area contributed by atoms with Gasteiger partial charge in [0.25, 0.3) is 0 Å². The van der Waals surface area contributed by atoms with Crippen molar-refractivity contribution in [3.05, 3.63) is 59.9 Å². The Kier molecular flexibility index (Phi) is 6.89. The third-order valence-electron chi connectivity index (χ3n) is 4.76. The van der Waals surface area contributed by atoms with Crippen LogP contribution in [0.4, 0.5) is 8.78 Å². The summed E-state index contributed by atoms with van der Waals surface area (Å²) in [5.74, 6) is 0.108. The highest BCUT2D eigenvalue weighted by molar-refractivity contribution is 5.78. The van der Waals surface area contributed by atoms with Gasteiger partial charge in [-0.3, -0.25) is 14.7 Å². The van der Waals surface area contributed by atoms with Gasteiger partial charge in [0.1, 0.15) is 5.75 Å². The van der Waals surface area contributed by atoms with Crippen LogP contribution in [0.5, 0.6) is 5.75 Å². The first-order valence-electron chi connectivity index (χ1n) is 9.15. The predicted molar refractivity (Wildman–Crippen MR) is 101 cm³/mol. The van der Waals surface area contributed by atoms with Crippen molar-refractivity contribution in [2.75, 3.05) is 33.2 Å². The Morgan fingerprint density at radius 3 is 2.82 bits per heavy atom. The number of carbonyl (C=O) groups excluding carboxylic acids is 1. The number of pyridine rings is 1. The molecule has 1 aromatic heterocycles. The largest absolute Gasteiger partial charge is 0.435 e. The Morgan fingerprint density at radius 1 is 1.36 bits per heavy atom. The summed E-state index contributed by atoms with van der Waals surface area (Å²) in [6, 6.07) is 10.4. The molecule has 3 rings (SSSR count). The second-order valence-corrected chi connectivity index (χ2v) is 6.75. The maximum Gasteiger partial charge on any atom is 0.387 e. The fraction of sp³-hybridized carbons (Fsp3) is 0.400. The van der Waals surface area contributed by atoms with E-state index in [9.17, 15) is 13.6 Å². The first kappa shape index (κ1) is 20.2. The van der Waals surface area contributed by atoms with E-state index in [0.717, 1.165) is 30.8 Å². The van der Waals surface area contributed by atoms with Gasteiger partial charge in [-0.15, -0.1) is 0 Å². The number of aromatic nitrogens is 1. The average Bonchev–Trinajstić information content (AvgIpc) is 2.70. The van der Waals surface area contributed by atoms with Crippen molar-refractivity contribution in [2.24, 2.45) is 0 Å². The van der Waals surface area contributed by atoms with Gasteiger partial charge in [0, 0.05) is 51.7 Å². The third-order valence-corrected chi connectivity index (χ3v) is 4.76. The Bertz CT molecular complexity index is 759. The third kappa shape index (κ3) is 5.46. The molecule has 0 radical (unpaired) electrons. The number of nitrogens with zero attached hydrogens (tertiary/aromatic N) is 3. The Morgan fingerprint density at radius 2 is 2.14 bits per heavy atom. The summed E-state index contributed by atoms with van der Waals surface area (Å²) in [5.41, 5.74) is 1.93. The van der Waals surface area contributed by atoms with Gasteiger partial charge in [-0.1, -0.05) is 18.2 Å². The van der Waals surface area contributed by atoms with Crippen molar-refractivity contribution < 1.29 is 18.3 Å². The van der Waals surface area contributed by atoms with Crippen molar-refractivity contribution in [3.8, 4) is 5.75 Å². The van der Waals surface area contributed by atoms with Crippen molar-refractivity contribution in [3.63, 3.8) is 0 Å². The number of amides is 1. The Labute approximate surface area is 163 Å². The minimum Gasteiger partial charge on any atom is -0.435 e. The number of halogens is 2. The molecule has 8 heteroatoms. The van der Waals surface area contributed by atoms with Crippen LogP contribution >= 0.6 is 0 Å². The molecular formula is C20H24F2N4O2. The quantitative estimate of drug-likeness (QED) is 0.786. The van der Waals surface area contributed by atoms with Crippen molar-refractivity contribution >= 4 is 5.91 Å². The molecule has 28 heavy (non-hydrogen) atoms. The summed E-state index contributed by atoms with van der Waals surface area (Å²) in [4.78, 5) is 20.7. The van der Waals surface area contributed by atoms with Crippen molar-refractivity contribution in [1.82, 2.24) is 20.1 Å². The van der Waals surface area contributed by atoms with E-state index < -0.39 is 6.61 Å². The number of hydrogen-bond acceptors (Lipinski definition) is 5. The van der Waals surface area contributed by atoms with E-state index in [-0.39, 0.29) is 17.7 Å². The number of hydrogen-bond donors (Lipinski definition) is 1. The van der Waals surface area contributed by atoms with Gasteiger partial charge in [-0.05, 0) is 29.3 Å². The molecule has 1 unspecified atom stereocenters. The molecule has 1 atom stereocenters. The molecule has 0 spiro atoms. The van der Waals surface area contributed by atoms with E-state index in [1.54, 1.807) is 30.3 Å². The maximum absolute atomic E-state index is 12.7. The molecule has 1 aromatic carbocycles. The topological polar surface area (TPSA) is 57.7 Å². The molecule has 2 heterocycles.